The Morgan fingerprint density at radius 3 is 1.76 bits per heavy atom. The fourth-order valence-electron chi connectivity index (χ4n) is 7.80. The Kier molecular flexibility index (Phi) is 12.7. The summed E-state index contributed by atoms with van der Waals surface area (Å²) in [5.41, 5.74) is 3.22. The Bertz CT molecular complexity index is 1900. The Morgan fingerprint density at radius 2 is 1.17 bits per heavy atom. The SMILES string of the molecule is CC1(C)O[C@H]2O[C@H]([C@H]3COC(C)(C)O3)[C@H](O[C@@H]3O[C@H](COCc4ccccc4)[C@@H](OCc4ccccc4)[C@H](OCc4ccccc4)[C@H]3OC(=O)c3ccccc3)[C@H]2O1. The summed E-state index contributed by atoms with van der Waals surface area (Å²) in [7, 11) is 0. The van der Waals surface area contributed by atoms with Gasteiger partial charge in [0.2, 0.25) is 0 Å². The third-order valence-electron chi connectivity index (χ3n) is 10.5. The topological polar surface area (TPSA) is 119 Å². The molecule has 4 saturated heterocycles. The molecule has 0 aliphatic carbocycles. The highest BCUT2D eigenvalue weighted by molar-refractivity contribution is 5.89. The number of ether oxygens (including phenoxy) is 11. The summed E-state index contributed by atoms with van der Waals surface area (Å²) >= 11 is 0. The lowest BCUT2D eigenvalue weighted by Gasteiger charge is -2.46. The van der Waals surface area contributed by atoms with Crippen molar-refractivity contribution in [1.29, 1.82) is 0 Å². The van der Waals surface area contributed by atoms with E-state index < -0.39 is 79.0 Å². The molecule has 0 bridgehead atoms. The van der Waals surface area contributed by atoms with Crippen LogP contribution in [0.25, 0.3) is 0 Å². The number of benzene rings is 4. The molecule has 12 nitrogen and oxygen atoms in total. The van der Waals surface area contributed by atoms with Crippen molar-refractivity contribution in [3.05, 3.63) is 144 Å². The van der Waals surface area contributed by atoms with E-state index in [9.17, 15) is 4.79 Å². The van der Waals surface area contributed by atoms with Crippen LogP contribution < -0.4 is 0 Å². The molecule has 4 aromatic rings. The second kappa shape index (κ2) is 18.1. The molecule has 4 fully saturated rings. The first-order valence-electron chi connectivity index (χ1n) is 19.9. The Labute approximate surface area is 339 Å². The first-order valence-corrected chi connectivity index (χ1v) is 19.9. The molecule has 8 rings (SSSR count). The van der Waals surface area contributed by atoms with Crippen LogP contribution in [-0.4, -0.2) is 92.2 Å². The Balaban J connectivity index is 1.16. The van der Waals surface area contributed by atoms with Crippen LogP contribution in [0.5, 0.6) is 0 Å². The lowest BCUT2D eigenvalue weighted by molar-refractivity contribution is -0.337. The molecule has 12 heteroatoms. The molecule has 0 spiro atoms. The maximum atomic E-state index is 14.1. The minimum absolute atomic E-state index is 0.107. The number of fused-ring (bicyclic) bond motifs is 1. The minimum atomic E-state index is -1.21. The van der Waals surface area contributed by atoms with Gasteiger partial charge in [0.1, 0.15) is 42.7 Å². The van der Waals surface area contributed by atoms with E-state index in [1.807, 2.05) is 125 Å². The van der Waals surface area contributed by atoms with Gasteiger partial charge in [0.05, 0.1) is 38.6 Å². The van der Waals surface area contributed by atoms with E-state index in [0.29, 0.717) is 12.2 Å². The van der Waals surface area contributed by atoms with Gasteiger partial charge in [0.25, 0.3) is 0 Å². The van der Waals surface area contributed by atoms with Gasteiger partial charge in [-0.15, -0.1) is 0 Å². The Morgan fingerprint density at radius 1 is 0.603 bits per heavy atom. The van der Waals surface area contributed by atoms with Gasteiger partial charge in [-0.1, -0.05) is 109 Å². The number of carbonyl (C=O) groups is 1. The van der Waals surface area contributed by atoms with E-state index in [1.54, 1.807) is 24.3 Å². The smallest absolute Gasteiger partial charge is 0.338 e. The fourth-order valence-corrected chi connectivity index (χ4v) is 7.80. The number of rotatable bonds is 15. The van der Waals surface area contributed by atoms with Crippen LogP contribution in [0.4, 0.5) is 0 Å². The maximum absolute atomic E-state index is 14.1. The zero-order valence-electron chi connectivity index (χ0n) is 33.3. The van der Waals surface area contributed by atoms with E-state index in [0.717, 1.165) is 16.7 Å². The van der Waals surface area contributed by atoms with E-state index >= 15 is 0 Å². The summed E-state index contributed by atoms with van der Waals surface area (Å²) in [4.78, 5) is 14.1. The maximum Gasteiger partial charge on any atom is 0.338 e. The van der Waals surface area contributed by atoms with Crippen molar-refractivity contribution in [3.8, 4) is 0 Å². The number of carbonyl (C=O) groups excluding carboxylic acids is 1. The van der Waals surface area contributed by atoms with Gasteiger partial charge in [-0.2, -0.15) is 0 Å². The van der Waals surface area contributed by atoms with Crippen molar-refractivity contribution in [2.75, 3.05) is 13.2 Å². The van der Waals surface area contributed by atoms with Crippen LogP contribution >= 0.6 is 0 Å². The number of hydrogen-bond donors (Lipinski definition) is 0. The summed E-state index contributed by atoms with van der Waals surface area (Å²) in [5.74, 6) is -2.37. The highest BCUT2D eigenvalue weighted by Gasteiger charge is 2.61. The quantitative estimate of drug-likeness (QED) is 0.119. The lowest BCUT2D eigenvalue weighted by atomic mass is 9.97. The standard InChI is InChI=1S/C46H52O12/c1-45(2)51-29-35(56-45)37-39(41-44(54-37)58-46(3,4)57-41)55-43-40(53-42(47)33-23-15-8-16-24-33)38(50-27-32-21-13-7-14-22-32)36(49-26-31-19-11-6-12-20-31)34(52-43)28-48-25-30-17-9-5-10-18-30/h5-24,34-41,43-44H,25-29H2,1-4H3/t34-,35-,36-,37-,38+,39+,40-,41-,43+,44-/m1/s1. The van der Waals surface area contributed by atoms with Gasteiger partial charge in [-0.3, -0.25) is 0 Å². The molecule has 0 aromatic heterocycles. The average molecular weight is 797 g/mol. The van der Waals surface area contributed by atoms with Gasteiger partial charge in [-0.05, 0) is 56.5 Å². The van der Waals surface area contributed by atoms with Crippen LogP contribution in [-0.2, 0) is 71.9 Å². The molecule has 0 radical (unpaired) electrons. The van der Waals surface area contributed by atoms with Crippen molar-refractivity contribution in [2.45, 2.75) is 121 Å². The van der Waals surface area contributed by atoms with E-state index in [4.69, 9.17) is 52.1 Å². The van der Waals surface area contributed by atoms with E-state index in [1.165, 1.54) is 0 Å². The second-order valence-corrected chi connectivity index (χ2v) is 15.8. The zero-order valence-corrected chi connectivity index (χ0v) is 33.3. The van der Waals surface area contributed by atoms with Crippen LogP contribution in [0.1, 0.15) is 54.7 Å². The monoisotopic (exact) mass is 796 g/mol. The van der Waals surface area contributed by atoms with Gasteiger partial charge in [0.15, 0.2) is 30.3 Å². The minimum Gasteiger partial charge on any atom is -0.450 e. The van der Waals surface area contributed by atoms with Crippen LogP contribution in [0, 0.1) is 0 Å². The average Bonchev–Trinajstić information content (AvgIpc) is 3.86. The molecular formula is C46H52O12. The predicted octanol–water partition coefficient (Wildman–Crippen LogP) is 6.74. The molecule has 0 saturated carbocycles. The second-order valence-electron chi connectivity index (χ2n) is 15.8. The molecule has 4 heterocycles. The first kappa shape index (κ1) is 40.7. The predicted molar refractivity (Wildman–Crippen MR) is 209 cm³/mol. The van der Waals surface area contributed by atoms with E-state index in [2.05, 4.69) is 0 Å². The molecule has 58 heavy (non-hydrogen) atoms. The first-order chi connectivity index (χ1) is 28.1. The van der Waals surface area contributed by atoms with Crippen molar-refractivity contribution in [3.63, 3.8) is 0 Å². The van der Waals surface area contributed by atoms with Gasteiger partial charge in [-0.25, -0.2) is 4.79 Å². The molecular weight excluding hydrogens is 744 g/mol. The Hall–Kier alpha value is -4.05. The lowest BCUT2D eigenvalue weighted by Crippen LogP contribution is -2.63. The van der Waals surface area contributed by atoms with Gasteiger partial charge in [0, 0.05) is 0 Å². The molecule has 0 N–H and O–H groups in total. The molecule has 10 atom stereocenters. The van der Waals surface area contributed by atoms with Crippen LogP contribution in [0.2, 0.25) is 0 Å². The normalized spacial score (nSPS) is 31.2. The van der Waals surface area contributed by atoms with Gasteiger partial charge >= 0.3 is 5.97 Å². The highest BCUT2D eigenvalue weighted by Crippen LogP contribution is 2.44. The van der Waals surface area contributed by atoms with Crippen molar-refractivity contribution < 1.29 is 56.9 Å². The summed E-state index contributed by atoms with van der Waals surface area (Å²) < 4.78 is 71.7. The molecule has 0 amide bonds. The summed E-state index contributed by atoms with van der Waals surface area (Å²) in [6.07, 6.45) is -8.25. The summed E-state index contributed by atoms with van der Waals surface area (Å²) in [6.45, 7) is 8.46. The highest BCUT2D eigenvalue weighted by atomic mass is 16.9. The third kappa shape index (κ3) is 9.86. The largest absolute Gasteiger partial charge is 0.450 e. The summed E-state index contributed by atoms with van der Waals surface area (Å²) in [5, 5.41) is 0. The fraction of sp³-hybridized carbons (Fsp3) is 0.457. The molecule has 4 aliphatic heterocycles. The zero-order chi connectivity index (χ0) is 40.1. The van der Waals surface area contributed by atoms with E-state index in [-0.39, 0.29) is 26.4 Å². The van der Waals surface area contributed by atoms with Crippen LogP contribution in [0.15, 0.2) is 121 Å². The summed E-state index contributed by atoms with van der Waals surface area (Å²) in [6, 6.07) is 38.3. The third-order valence-corrected chi connectivity index (χ3v) is 10.5. The van der Waals surface area contributed by atoms with Crippen molar-refractivity contribution in [1.82, 2.24) is 0 Å². The van der Waals surface area contributed by atoms with Crippen molar-refractivity contribution in [2.24, 2.45) is 0 Å². The van der Waals surface area contributed by atoms with Crippen LogP contribution in [0.3, 0.4) is 0 Å². The number of hydrogen-bond acceptors (Lipinski definition) is 12. The number of esters is 1. The molecule has 0 unspecified atom stereocenters. The molecule has 4 aliphatic rings. The van der Waals surface area contributed by atoms with Gasteiger partial charge < -0.3 is 52.1 Å². The molecule has 4 aromatic carbocycles. The van der Waals surface area contributed by atoms with Crippen molar-refractivity contribution >= 4 is 5.97 Å². The molecule has 308 valence electrons.